The number of ketones is 4. The van der Waals surface area contributed by atoms with Crippen LogP contribution in [0.2, 0.25) is 0 Å². The van der Waals surface area contributed by atoms with Crippen molar-refractivity contribution in [1.29, 1.82) is 0 Å². The van der Waals surface area contributed by atoms with Crippen molar-refractivity contribution in [1.82, 2.24) is 10.2 Å². The Morgan fingerprint density at radius 2 is 1.65 bits per heavy atom. The molecular formula is C31H34N4O8. The van der Waals surface area contributed by atoms with Crippen LogP contribution in [0, 0.1) is 23.2 Å². The van der Waals surface area contributed by atoms with E-state index in [0.717, 1.165) is 0 Å². The number of fused-ring (bicyclic) bond motifs is 3. The molecule has 2 unspecified atom stereocenters. The van der Waals surface area contributed by atoms with Gasteiger partial charge in [0.25, 0.3) is 5.91 Å². The molecule has 3 aliphatic carbocycles. The van der Waals surface area contributed by atoms with Crippen LogP contribution in [-0.2, 0) is 25.6 Å². The van der Waals surface area contributed by atoms with Crippen molar-refractivity contribution in [3.8, 4) is 5.75 Å². The summed E-state index contributed by atoms with van der Waals surface area (Å²) in [5.41, 5.74) is 2.36. The molecule has 6 atom stereocenters. The van der Waals surface area contributed by atoms with Crippen LogP contribution in [0.3, 0.4) is 0 Å². The fourth-order valence-corrected chi connectivity index (χ4v) is 7.38. The summed E-state index contributed by atoms with van der Waals surface area (Å²) in [5.74, 6) is -11.5. The number of aliphatic hydroxyl groups is 1. The van der Waals surface area contributed by atoms with Gasteiger partial charge in [0, 0.05) is 43.2 Å². The van der Waals surface area contributed by atoms with Crippen molar-refractivity contribution in [2.24, 2.45) is 28.9 Å². The summed E-state index contributed by atoms with van der Waals surface area (Å²) < 4.78 is 0. The van der Waals surface area contributed by atoms with Gasteiger partial charge < -0.3 is 26.2 Å². The van der Waals surface area contributed by atoms with Crippen molar-refractivity contribution >= 4 is 40.6 Å². The highest BCUT2D eigenvalue weighted by Crippen LogP contribution is 2.57. The van der Waals surface area contributed by atoms with Crippen LogP contribution in [0.15, 0.2) is 42.5 Å². The van der Waals surface area contributed by atoms with Crippen LogP contribution in [-0.4, -0.2) is 96.4 Å². The van der Waals surface area contributed by atoms with Gasteiger partial charge in [-0.3, -0.25) is 33.7 Å². The largest absolute Gasteiger partial charge is 0.507 e. The molecule has 226 valence electrons. The van der Waals surface area contributed by atoms with Crippen LogP contribution in [0.5, 0.6) is 5.75 Å². The first kappa shape index (κ1) is 30.1. The number of phenolic OH excluding ortho intramolecular Hbond substituents is 1. The number of carbonyl (C=O) groups excluding carboxylic acids is 6. The fraction of sp³-hybridized carbons (Fsp3) is 0.419. The maximum absolute atomic E-state index is 14.5. The monoisotopic (exact) mass is 590 g/mol. The number of nitrogens with two attached hydrogens (primary N) is 1. The molecular weight excluding hydrogens is 556 g/mol. The molecule has 0 heterocycles. The number of hydrogen-bond acceptors (Lipinski definition) is 10. The standard InChI is InChI=1S/C31H34N4O8/c1-34(2)18-10-11-19(36)20-16(18)12-30(14-33-29(42)15-8-6-5-7-9-15)13-17-23(35(3)4)25(38)21(28(32)41)26(39)31(17,43)27(40)22(30)24(20)37/h5-11,17,21-23,36,43H,12-14H2,1-4H3,(H2,32,41)(H,33,42)/t17-,21?,22?,23-,30-,31+/m0/s1. The molecule has 43 heavy (non-hydrogen) atoms. The number of amides is 2. The van der Waals surface area contributed by atoms with E-state index in [4.69, 9.17) is 5.73 Å². The molecule has 12 heteroatoms. The van der Waals surface area contributed by atoms with E-state index in [0.29, 0.717) is 16.8 Å². The summed E-state index contributed by atoms with van der Waals surface area (Å²) in [4.78, 5) is 84.6. The van der Waals surface area contributed by atoms with Crippen LogP contribution in [0.1, 0.15) is 32.7 Å². The summed E-state index contributed by atoms with van der Waals surface area (Å²) in [7, 11) is 6.53. The van der Waals surface area contributed by atoms with Crippen LogP contribution >= 0.6 is 0 Å². The second-order valence-electron chi connectivity index (χ2n) is 12.2. The second kappa shape index (κ2) is 10.4. The molecule has 2 saturated carbocycles. The van der Waals surface area contributed by atoms with Crippen molar-refractivity contribution in [2.45, 2.75) is 24.5 Å². The van der Waals surface area contributed by atoms with Gasteiger partial charge in [0.05, 0.1) is 17.5 Å². The Bertz CT molecular complexity index is 1570. The Morgan fingerprint density at radius 3 is 2.23 bits per heavy atom. The van der Waals surface area contributed by atoms with Gasteiger partial charge in [-0.1, -0.05) is 18.2 Å². The summed E-state index contributed by atoms with van der Waals surface area (Å²) >= 11 is 0. The minimum absolute atomic E-state index is 0.00415. The van der Waals surface area contributed by atoms with Gasteiger partial charge in [0.15, 0.2) is 34.7 Å². The van der Waals surface area contributed by atoms with Crippen molar-refractivity contribution in [3.05, 3.63) is 59.2 Å². The van der Waals surface area contributed by atoms with Gasteiger partial charge in [-0.25, -0.2) is 0 Å². The molecule has 2 aromatic carbocycles. The van der Waals surface area contributed by atoms with Crippen molar-refractivity contribution in [3.63, 3.8) is 0 Å². The van der Waals surface area contributed by atoms with Gasteiger partial charge in [0.1, 0.15) is 5.75 Å². The van der Waals surface area contributed by atoms with Gasteiger partial charge in [-0.2, -0.15) is 0 Å². The number of primary amides is 1. The number of nitrogens with zero attached hydrogens (tertiary/aromatic N) is 2. The molecule has 5 N–H and O–H groups in total. The van der Waals surface area contributed by atoms with Gasteiger partial charge in [-0.05, 0) is 56.8 Å². The van der Waals surface area contributed by atoms with Crippen molar-refractivity contribution < 1.29 is 39.0 Å². The normalized spacial score (nSPS) is 29.9. The number of hydrogen-bond donors (Lipinski definition) is 4. The zero-order chi connectivity index (χ0) is 31.6. The number of Topliss-reactive ketones (excluding diaryl/α,β-unsaturated/α-hetero) is 4. The maximum atomic E-state index is 14.5. The highest BCUT2D eigenvalue weighted by atomic mass is 16.3. The molecule has 5 rings (SSSR count). The molecule has 2 fully saturated rings. The molecule has 0 aliphatic heterocycles. The number of anilines is 1. The second-order valence-corrected chi connectivity index (χ2v) is 12.2. The summed E-state index contributed by atoms with van der Waals surface area (Å²) in [6, 6.07) is 10.00. The molecule has 0 spiro atoms. The van der Waals surface area contributed by atoms with E-state index in [1.807, 2.05) is 0 Å². The molecule has 0 radical (unpaired) electrons. The topological polar surface area (TPSA) is 187 Å². The summed E-state index contributed by atoms with van der Waals surface area (Å²) in [5, 5.41) is 25.6. The zero-order valence-corrected chi connectivity index (χ0v) is 24.3. The molecule has 12 nitrogen and oxygen atoms in total. The molecule has 0 saturated heterocycles. The number of rotatable bonds is 6. The van der Waals surface area contributed by atoms with E-state index in [9.17, 15) is 39.0 Å². The Labute approximate surface area is 247 Å². The lowest BCUT2D eigenvalue weighted by Crippen LogP contribution is -2.76. The molecule has 0 bridgehead atoms. The highest BCUT2D eigenvalue weighted by Gasteiger charge is 2.72. The Morgan fingerprint density at radius 1 is 1.00 bits per heavy atom. The lowest BCUT2D eigenvalue weighted by Gasteiger charge is -2.57. The lowest BCUT2D eigenvalue weighted by atomic mass is 9.46. The van der Waals surface area contributed by atoms with E-state index in [1.165, 1.54) is 25.1 Å². The predicted octanol–water partition coefficient (Wildman–Crippen LogP) is -0.267. The summed E-state index contributed by atoms with van der Waals surface area (Å²) in [6.45, 7) is -0.223. The first-order valence-electron chi connectivity index (χ1n) is 13.9. The van der Waals surface area contributed by atoms with E-state index in [1.54, 1.807) is 55.4 Å². The lowest BCUT2D eigenvalue weighted by molar-refractivity contribution is -0.186. The molecule has 2 aromatic rings. The quantitative estimate of drug-likeness (QED) is 0.326. The first-order valence-corrected chi connectivity index (χ1v) is 13.9. The zero-order valence-electron chi connectivity index (χ0n) is 24.3. The maximum Gasteiger partial charge on any atom is 0.251 e. The number of aromatic hydroxyl groups is 1. The fourth-order valence-electron chi connectivity index (χ4n) is 7.38. The first-order chi connectivity index (χ1) is 20.2. The average molecular weight is 591 g/mol. The third-order valence-electron chi connectivity index (χ3n) is 9.27. The SMILES string of the molecule is CN(C)c1ccc(O)c2c1C[C@@]1(CNC(=O)c3ccccc3)C[C@H]3[C@H](N(C)C)C(=O)C(C(N)=O)C(=O)[C@@]3(O)C(=O)C1C2=O. The Kier molecular flexibility index (Phi) is 7.26. The van der Waals surface area contributed by atoms with E-state index >= 15 is 0 Å². The van der Waals surface area contributed by atoms with E-state index in [-0.39, 0.29) is 30.7 Å². The van der Waals surface area contributed by atoms with Gasteiger partial charge >= 0.3 is 0 Å². The Hall–Kier alpha value is -4.42. The van der Waals surface area contributed by atoms with Gasteiger partial charge in [-0.15, -0.1) is 0 Å². The molecule has 3 aliphatic rings. The van der Waals surface area contributed by atoms with E-state index in [2.05, 4.69) is 5.32 Å². The molecule has 2 amide bonds. The number of nitrogens with one attached hydrogen (secondary N) is 1. The third-order valence-corrected chi connectivity index (χ3v) is 9.27. The third kappa shape index (κ3) is 4.35. The van der Waals surface area contributed by atoms with E-state index < -0.39 is 69.8 Å². The highest BCUT2D eigenvalue weighted by molar-refractivity contribution is 6.32. The Balaban J connectivity index is 1.72. The van der Waals surface area contributed by atoms with Crippen LogP contribution in [0.25, 0.3) is 0 Å². The predicted molar refractivity (Wildman–Crippen MR) is 153 cm³/mol. The minimum atomic E-state index is -2.89. The van der Waals surface area contributed by atoms with Gasteiger partial charge in [0.2, 0.25) is 5.91 Å². The number of likely N-dealkylation sites (N-methyl/N-ethyl adjacent to an activating group) is 1. The van der Waals surface area contributed by atoms with Crippen LogP contribution < -0.4 is 16.0 Å². The number of phenols is 1. The molecule has 0 aromatic heterocycles. The number of carbonyl (C=O) groups is 6. The number of benzene rings is 2. The summed E-state index contributed by atoms with van der Waals surface area (Å²) in [6.07, 6.45) is -0.218. The average Bonchev–Trinajstić information content (AvgIpc) is 2.93. The van der Waals surface area contributed by atoms with Crippen LogP contribution in [0.4, 0.5) is 5.69 Å². The van der Waals surface area contributed by atoms with Crippen molar-refractivity contribution in [2.75, 3.05) is 39.6 Å². The minimum Gasteiger partial charge on any atom is -0.507 e. The smallest absolute Gasteiger partial charge is 0.251 e.